The third kappa shape index (κ3) is 18.3. The van der Waals surface area contributed by atoms with Crippen molar-refractivity contribution < 1.29 is 4.79 Å². The van der Waals surface area contributed by atoms with Gasteiger partial charge in [0.25, 0.3) is 0 Å². The molecule has 0 aromatic rings. The lowest BCUT2D eigenvalue weighted by Crippen LogP contribution is -2.11. The molecule has 0 aliphatic rings. The minimum absolute atomic E-state index is 0.263. The molecule has 152 valence electrons. The zero-order chi connectivity index (χ0) is 19.3. The number of Topliss-reactive ketones (excluding diaryl/α,β-unsaturated/α-hetero) is 1. The van der Waals surface area contributed by atoms with Gasteiger partial charge in [0.1, 0.15) is 5.78 Å². The van der Waals surface area contributed by atoms with Crippen molar-refractivity contribution in [1.82, 2.24) is 0 Å². The van der Waals surface area contributed by atoms with Crippen LogP contribution in [-0.4, -0.2) is 17.5 Å². The molecule has 0 bridgehead atoms. The van der Waals surface area contributed by atoms with Crippen LogP contribution in [0.3, 0.4) is 0 Å². The molecule has 1 unspecified atom stereocenters. The largest absolute Gasteiger partial charge is 0.300 e. The molecule has 0 N–H and O–H groups in total. The van der Waals surface area contributed by atoms with E-state index in [-0.39, 0.29) is 5.92 Å². The van der Waals surface area contributed by atoms with Crippen molar-refractivity contribution in [2.45, 2.75) is 123 Å². The maximum absolute atomic E-state index is 11.8. The lowest BCUT2D eigenvalue weighted by molar-refractivity contribution is -0.121. The molecule has 2 nitrogen and oxygen atoms in total. The zero-order valence-corrected chi connectivity index (χ0v) is 18.4. The Morgan fingerprint density at radius 3 is 1.62 bits per heavy atom. The van der Waals surface area contributed by atoms with Crippen LogP contribution in [0.4, 0.5) is 0 Å². The third-order valence-electron chi connectivity index (χ3n) is 5.37. The average molecular weight is 382 g/mol. The Morgan fingerprint density at radius 1 is 0.769 bits per heavy atom. The quantitative estimate of drug-likeness (QED) is 0.122. The number of carbonyl (C=O) groups is 1. The summed E-state index contributed by atoms with van der Waals surface area (Å²) in [6.07, 6.45) is 22.1. The first-order valence-corrected chi connectivity index (χ1v) is 11.7. The molecule has 0 aromatic carbocycles. The summed E-state index contributed by atoms with van der Waals surface area (Å²) in [6, 6.07) is 0. The molecule has 26 heavy (non-hydrogen) atoms. The van der Waals surface area contributed by atoms with E-state index in [0.29, 0.717) is 5.78 Å². The Kier molecular flexibility index (Phi) is 20.4. The summed E-state index contributed by atoms with van der Waals surface area (Å²) in [5.74, 6) is 0.626. The van der Waals surface area contributed by atoms with Gasteiger partial charge in [0.2, 0.25) is 0 Å². The van der Waals surface area contributed by atoms with E-state index >= 15 is 0 Å². The van der Waals surface area contributed by atoms with Crippen LogP contribution >= 0.6 is 12.2 Å². The van der Waals surface area contributed by atoms with Crippen molar-refractivity contribution in [2.75, 3.05) is 6.54 Å². The molecule has 0 saturated carbocycles. The van der Waals surface area contributed by atoms with Crippen molar-refractivity contribution in [2.24, 2.45) is 10.9 Å². The van der Waals surface area contributed by atoms with Gasteiger partial charge < -0.3 is 0 Å². The summed E-state index contributed by atoms with van der Waals surface area (Å²) in [5.41, 5.74) is 0. The van der Waals surface area contributed by atoms with Crippen molar-refractivity contribution in [3.8, 4) is 0 Å². The molecule has 0 aromatic heterocycles. The summed E-state index contributed by atoms with van der Waals surface area (Å²) in [7, 11) is 0. The fourth-order valence-electron chi connectivity index (χ4n) is 3.59. The maximum atomic E-state index is 11.8. The summed E-state index contributed by atoms with van der Waals surface area (Å²) in [5, 5.41) is 2.40. The Balaban J connectivity index is 3.41. The van der Waals surface area contributed by atoms with E-state index in [1.54, 1.807) is 6.92 Å². The molecule has 0 rings (SSSR count). The van der Waals surface area contributed by atoms with Crippen LogP contribution in [-0.2, 0) is 4.79 Å². The first-order chi connectivity index (χ1) is 12.7. The fraction of sp³-hybridized carbons (Fsp3) is 0.913. The smallest absolute Gasteiger partial charge is 0.132 e. The molecule has 0 amide bonds. The zero-order valence-electron chi connectivity index (χ0n) is 17.6. The maximum Gasteiger partial charge on any atom is 0.132 e. The van der Waals surface area contributed by atoms with Gasteiger partial charge in [0.05, 0.1) is 5.16 Å². The number of hydrogen-bond donors (Lipinski definition) is 0. The lowest BCUT2D eigenvalue weighted by atomic mass is 9.92. The number of rotatable bonds is 20. The van der Waals surface area contributed by atoms with Gasteiger partial charge >= 0.3 is 0 Å². The molecule has 0 radical (unpaired) electrons. The van der Waals surface area contributed by atoms with E-state index in [9.17, 15) is 4.79 Å². The van der Waals surface area contributed by atoms with Crippen LogP contribution in [0.5, 0.6) is 0 Å². The monoisotopic (exact) mass is 381 g/mol. The van der Waals surface area contributed by atoms with Gasteiger partial charge in [0, 0.05) is 12.5 Å². The van der Waals surface area contributed by atoms with Crippen LogP contribution in [0.25, 0.3) is 0 Å². The first-order valence-electron chi connectivity index (χ1n) is 11.3. The number of aliphatic imine (C=N–C) groups is 1. The van der Waals surface area contributed by atoms with Crippen molar-refractivity contribution >= 4 is 23.2 Å². The van der Waals surface area contributed by atoms with E-state index in [2.05, 4.69) is 29.3 Å². The van der Waals surface area contributed by atoms with Crippen LogP contribution in [0.15, 0.2) is 4.99 Å². The number of isothiocyanates is 1. The molecule has 0 heterocycles. The summed E-state index contributed by atoms with van der Waals surface area (Å²) in [4.78, 5) is 15.7. The summed E-state index contributed by atoms with van der Waals surface area (Å²) in [6.45, 7) is 4.79. The number of hydrogen-bond acceptors (Lipinski definition) is 3. The first kappa shape index (κ1) is 25.5. The minimum atomic E-state index is 0.263. The Bertz CT molecular complexity index is 363. The van der Waals surface area contributed by atoms with Crippen LogP contribution in [0.2, 0.25) is 0 Å². The van der Waals surface area contributed by atoms with Crippen LogP contribution in [0, 0.1) is 5.92 Å². The number of thiocarbonyl (C=S) groups is 1. The predicted octanol–water partition coefficient (Wildman–Crippen LogP) is 7.95. The topological polar surface area (TPSA) is 29.4 Å². The van der Waals surface area contributed by atoms with Crippen LogP contribution < -0.4 is 0 Å². The Morgan fingerprint density at radius 2 is 1.19 bits per heavy atom. The molecule has 0 aliphatic heterocycles. The van der Waals surface area contributed by atoms with Gasteiger partial charge in [-0.3, -0.25) is 4.79 Å². The van der Waals surface area contributed by atoms with Gasteiger partial charge in [-0.25, -0.2) is 4.99 Å². The van der Waals surface area contributed by atoms with E-state index in [4.69, 9.17) is 0 Å². The van der Waals surface area contributed by atoms with E-state index in [1.807, 2.05) is 0 Å². The van der Waals surface area contributed by atoms with Crippen molar-refractivity contribution in [1.29, 1.82) is 0 Å². The van der Waals surface area contributed by atoms with Gasteiger partial charge in [-0.05, 0) is 38.4 Å². The summed E-state index contributed by atoms with van der Waals surface area (Å²) < 4.78 is 0. The van der Waals surface area contributed by atoms with Gasteiger partial charge in [-0.1, -0.05) is 96.8 Å². The number of unbranched alkanes of at least 4 members (excludes halogenated alkanes) is 13. The summed E-state index contributed by atoms with van der Waals surface area (Å²) >= 11 is 4.56. The van der Waals surface area contributed by atoms with Gasteiger partial charge in [-0.2, -0.15) is 0 Å². The molecular formula is C23H43NOS. The Labute approximate surface area is 168 Å². The molecule has 0 spiro atoms. The molecule has 0 aliphatic carbocycles. The lowest BCUT2D eigenvalue weighted by Gasteiger charge is -2.13. The molecule has 0 saturated heterocycles. The number of carbonyl (C=O) groups excluding carboxylic acids is 1. The fourth-order valence-corrected chi connectivity index (χ4v) is 3.68. The van der Waals surface area contributed by atoms with Gasteiger partial charge in [-0.15, -0.1) is 0 Å². The average Bonchev–Trinajstić information content (AvgIpc) is 2.63. The highest BCUT2D eigenvalue weighted by molar-refractivity contribution is 7.78. The van der Waals surface area contributed by atoms with E-state index < -0.39 is 0 Å². The van der Waals surface area contributed by atoms with E-state index in [1.165, 1.54) is 83.5 Å². The number of nitrogens with zero attached hydrogens (tertiary/aromatic N) is 1. The van der Waals surface area contributed by atoms with Crippen molar-refractivity contribution in [3.05, 3.63) is 0 Å². The highest BCUT2D eigenvalue weighted by atomic mass is 32.1. The standard InChI is InChI=1S/C23H43NOS/c1-3-4-5-6-7-8-9-10-11-12-13-14-15-18-23(22(2)25)19-16-17-20-24-21-26/h23H,3-20H2,1-2H3. The molecule has 1 atom stereocenters. The van der Waals surface area contributed by atoms with Gasteiger partial charge in [0.15, 0.2) is 0 Å². The predicted molar refractivity (Wildman–Crippen MR) is 118 cm³/mol. The molecular weight excluding hydrogens is 338 g/mol. The van der Waals surface area contributed by atoms with Crippen molar-refractivity contribution in [3.63, 3.8) is 0 Å². The SMILES string of the molecule is CCCCCCCCCCCCCCCC(CCCCN=C=S)C(C)=O. The Hall–Kier alpha value is -0.530. The highest BCUT2D eigenvalue weighted by Crippen LogP contribution is 2.19. The van der Waals surface area contributed by atoms with E-state index in [0.717, 1.165) is 32.2 Å². The highest BCUT2D eigenvalue weighted by Gasteiger charge is 2.13. The second-order valence-electron chi connectivity index (χ2n) is 7.81. The molecule has 3 heteroatoms. The third-order valence-corrected chi connectivity index (χ3v) is 5.50. The van der Waals surface area contributed by atoms with Crippen LogP contribution in [0.1, 0.15) is 123 Å². The second-order valence-corrected chi connectivity index (χ2v) is 7.99. The minimum Gasteiger partial charge on any atom is -0.300 e. The normalized spacial score (nSPS) is 11.9. The second kappa shape index (κ2) is 20.8. The molecule has 0 fully saturated rings. The number of ketones is 1.